The summed E-state index contributed by atoms with van der Waals surface area (Å²) in [6.07, 6.45) is 13.2. The van der Waals surface area contributed by atoms with E-state index in [0.717, 1.165) is 5.56 Å². The lowest BCUT2D eigenvalue weighted by molar-refractivity contribution is -0.118. The molecule has 0 spiro atoms. The van der Waals surface area contributed by atoms with Gasteiger partial charge < -0.3 is 14.8 Å². The van der Waals surface area contributed by atoms with Gasteiger partial charge in [-0.25, -0.2) is 9.37 Å². The summed E-state index contributed by atoms with van der Waals surface area (Å²) in [7, 11) is 0. The van der Waals surface area contributed by atoms with Gasteiger partial charge in [0.1, 0.15) is 5.75 Å². The van der Waals surface area contributed by atoms with E-state index in [1.54, 1.807) is 12.3 Å². The minimum atomic E-state index is -0.436. The maximum Gasteiger partial charge on any atom is 0.219 e. The maximum absolute atomic E-state index is 13.7. The Morgan fingerprint density at radius 3 is 2.63 bits per heavy atom. The number of carbonyl (C=O) groups is 1. The third-order valence-electron chi connectivity index (χ3n) is 3.03. The fraction of sp³-hybridized carbons (Fsp3) is 0.238. The highest BCUT2D eigenvalue weighted by Gasteiger charge is 2.08. The molecule has 0 saturated carbocycles. The number of rotatable bonds is 7. The first-order valence-corrected chi connectivity index (χ1v) is 8.28. The molecule has 1 amide bonds. The van der Waals surface area contributed by atoms with Gasteiger partial charge in [0.15, 0.2) is 11.6 Å². The standard InChI is InChI=1S/C19H21FN2O3.C2H2/c1-13(2)24-18-11-16(7-8-17(18)20)25-19-9-6-15(12-22-19)5-4-10-21-14(3)23;1-2/h4-9,11-13H,10H2,1-3H3,(H,21,23);1-2H/b5-4+;. The van der Waals surface area contributed by atoms with Gasteiger partial charge in [0, 0.05) is 31.8 Å². The lowest BCUT2D eigenvalue weighted by Crippen LogP contribution is -2.19. The fourth-order valence-electron chi connectivity index (χ4n) is 1.96. The summed E-state index contributed by atoms with van der Waals surface area (Å²) in [4.78, 5) is 15.0. The molecule has 5 nitrogen and oxygen atoms in total. The molecule has 1 aromatic heterocycles. The molecule has 27 heavy (non-hydrogen) atoms. The van der Waals surface area contributed by atoms with Crippen LogP contribution in [0.4, 0.5) is 4.39 Å². The van der Waals surface area contributed by atoms with E-state index in [1.165, 1.54) is 25.1 Å². The van der Waals surface area contributed by atoms with Gasteiger partial charge in [0.2, 0.25) is 11.8 Å². The van der Waals surface area contributed by atoms with Crippen molar-refractivity contribution in [1.82, 2.24) is 10.3 Å². The number of terminal acetylenes is 1. The fourth-order valence-corrected chi connectivity index (χ4v) is 1.96. The quantitative estimate of drug-likeness (QED) is 0.742. The molecule has 0 aliphatic heterocycles. The zero-order valence-electron chi connectivity index (χ0n) is 15.6. The zero-order valence-corrected chi connectivity index (χ0v) is 15.6. The molecule has 0 bridgehead atoms. The smallest absolute Gasteiger partial charge is 0.219 e. The van der Waals surface area contributed by atoms with E-state index in [0.29, 0.717) is 18.2 Å². The molecular weight excluding hydrogens is 347 g/mol. The highest BCUT2D eigenvalue weighted by atomic mass is 19.1. The van der Waals surface area contributed by atoms with Gasteiger partial charge >= 0.3 is 0 Å². The van der Waals surface area contributed by atoms with E-state index in [2.05, 4.69) is 23.1 Å². The number of aromatic nitrogens is 1. The normalized spacial score (nSPS) is 10.2. The van der Waals surface area contributed by atoms with Crippen LogP contribution in [0.1, 0.15) is 26.3 Å². The Morgan fingerprint density at radius 1 is 1.30 bits per heavy atom. The van der Waals surface area contributed by atoms with Crippen LogP contribution in [0.5, 0.6) is 17.4 Å². The number of benzene rings is 1. The van der Waals surface area contributed by atoms with Crippen LogP contribution >= 0.6 is 0 Å². The van der Waals surface area contributed by atoms with Crippen LogP contribution in [0.15, 0.2) is 42.6 Å². The monoisotopic (exact) mass is 370 g/mol. The Kier molecular flexibility index (Phi) is 9.10. The van der Waals surface area contributed by atoms with Crippen molar-refractivity contribution < 1.29 is 18.7 Å². The highest BCUT2D eigenvalue weighted by Crippen LogP contribution is 2.27. The first kappa shape index (κ1) is 21.7. The lowest BCUT2D eigenvalue weighted by Gasteiger charge is -2.12. The summed E-state index contributed by atoms with van der Waals surface area (Å²) in [5.74, 6) is 0.463. The number of nitrogens with one attached hydrogen (secondary N) is 1. The molecule has 2 rings (SSSR count). The molecule has 1 aromatic carbocycles. The van der Waals surface area contributed by atoms with Crippen LogP contribution in [0.25, 0.3) is 6.08 Å². The van der Waals surface area contributed by atoms with E-state index in [9.17, 15) is 9.18 Å². The Balaban J connectivity index is 0.00000176. The largest absolute Gasteiger partial charge is 0.488 e. The number of ether oxygens (including phenoxy) is 2. The molecular formula is C21H23FN2O3. The van der Waals surface area contributed by atoms with Gasteiger partial charge in [-0.05, 0) is 37.6 Å². The summed E-state index contributed by atoms with van der Waals surface area (Å²) >= 11 is 0. The van der Waals surface area contributed by atoms with Crippen LogP contribution in [0, 0.1) is 18.7 Å². The van der Waals surface area contributed by atoms with Gasteiger partial charge in [-0.2, -0.15) is 0 Å². The Hall–Kier alpha value is -3.33. The third kappa shape index (κ3) is 8.06. The lowest BCUT2D eigenvalue weighted by atomic mass is 10.2. The van der Waals surface area contributed by atoms with Crippen molar-refractivity contribution in [3.8, 4) is 30.2 Å². The summed E-state index contributed by atoms with van der Waals surface area (Å²) in [6.45, 7) is 5.58. The van der Waals surface area contributed by atoms with E-state index >= 15 is 0 Å². The molecule has 0 atom stereocenters. The Morgan fingerprint density at radius 2 is 2.04 bits per heavy atom. The van der Waals surface area contributed by atoms with Crippen molar-refractivity contribution in [2.75, 3.05) is 6.54 Å². The van der Waals surface area contributed by atoms with E-state index in [4.69, 9.17) is 9.47 Å². The molecule has 1 heterocycles. The van der Waals surface area contributed by atoms with Gasteiger partial charge in [-0.1, -0.05) is 12.2 Å². The van der Waals surface area contributed by atoms with E-state index in [-0.39, 0.29) is 17.8 Å². The average Bonchev–Trinajstić information content (AvgIpc) is 2.64. The number of nitrogens with zero attached hydrogens (tertiary/aromatic N) is 1. The van der Waals surface area contributed by atoms with Crippen molar-refractivity contribution in [1.29, 1.82) is 0 Å². The summed E-state index contributed by atoms with van der Waals surface area (Å²) in [6, 6.07) is 7.86. The van der Waals surface area contributed by atoms with E-state index < -0.39 is 5.82 Å². The van der Waals surface area contributed by atoms with Gasteiger partial charge in [-0.15, -0.1) is 12.8 Å². The molecule has 0 unspecified atom stereocenters. The van der Waals surface area contributed by atoms with Crippen LogP contribution in [-0.4, -0.2) is 23.5 Å². The van der Waals surface area contributed by atoms with Gasteiger partial charge in [-0.3, -0.25) is 4.79 Å². The summed E-state index contributed by atoms with van der Waals surface area (Å²) in [5.41, 5.74) is 0.876. The molecule has 2 aromatic rings. The van der Waals surface area contributed by atoms with Crippen LogP contribution in [0.3, 0.4) is 0 Å². The average molecular weight is 370 g/mol. The molecule has 0 aliphatic rings. The third-order valence-corrected chi connectivity index (χ3v) is 3.03. The number of carbonyl (C=O) groups excluding carboxylic acids is 1. The summed E-state index contributed by atoms with van der Waals surface area (Å²) in [5, 5.41) is 2.67. The van der Waals surface area contributed by atoms with Crippen LogP contribution in [0.2, 0.25) is 0 Å². The molecule has 0 fully saturated rings. The van der Waals surface area contributed by atoms with Gasteiger partial charge in [0.05, 0.1) is 6.10 Å². The first-order valence-electron chi connectivity index (χ1n) is 8.28. The van der Waals surface area contributed by atoms with Crippen molar-refractivity contribution in [2.24, 2.45) is 0 Å². The molecule has 6 heteroatoms. The van der Waals surface area contributed by atoms with Crippen molar-refractivity contribution in [2.45, 2.75) is 26.9 Å². The topological polar surface area (TPSA) is 60.5 Å². The first-order chi connectivity index (χ1) is 12.9. The predicted molar refractivity (Wildman–Crippen MR) is 104 cm³/mol. The molecule has 0 aliphatic carbocycles. The van der Waals surface area contributed by atoms with Crippen LogP contribution < -0.4 is 14.8 Å². The molecule has 0 radical (unpaired) electrons. The second-order valence-electron chi connectivity index (χ2n) is 5.63. The number of amides is 1. The minimum Gasteiger partial charge on any atom is -0.488 e. The molecule has 1 N–H and O–H groups in total. The Labute approximate surface area is 159 Å². The molecule has 0 saturated heterocycles. The summed E-state index contributed by atoms with van der Waals surface area (Å²) < 4.78 is 24.7. The van der Waals surface area contributed by atoms with Crippen molar-refractivity contribution >= 4 is 12.0 Å². The van der Waals surface area contributed by atoms with Crippen molar-refractivity contribution in [3.05, 3.63) is 54.0 Å². The van der Waals surface area contributed by atoms with Crippen LogP contribution in [-0.2, 0) is 4.79 Å². The predicted octanol–water partition coefficient (Wildman–Crippen LogP) is 4.20. The maximum atomic E-state index is 13.7. The Bertz CT molecular complexity index is 784. The number of pyridine rings is 1. The highest BCUT2D eigenvalue weighted by molar-refractivity contribution is 5.73. The minimum absolute atomic E-state index is 0.0772. The number of hydrogen-bond acceptors (Lipinski definition) is 4. The van der Waals surface area contributed by atoms with Gasteiger partial charge in [0.25, 0.3) is 0 Å². The second kappa shape index (κ2) is 11.3. The zero-order chi connectivity index (χ0) is 20.2. The van der Waals surface area contributed by atoms with E-state index in [1.807, 2.05) is 32.1 Å². The molecule has 142 valence electrons. The number of halogens is 1. The number of hydrogen-bond donors (Lipinski definition) is 1. The second-order valence-corrected chi connectivity index (χ2v) is 5.63. The van der Waals surface area contributed by atoms with Crippen molar-refractivity contribution in [3.63, 3.8) is 0 Å². The SMILES string of the molecule is C#C.CC(=O)NC/C=C/c1ccc(Oc2ccc(F)c(OC(C)C)c2)nc1.